The van der Waals surface area contributed by atoms with Crippen LogP contribution in [0.3, 0.4) is 0 Å². The molecule has 1 aromatic heterocycles. The normalized spacial score (nSPS) is 17.7. The number of nitrogens with one attached hydrogen (secondary N) is 2. The summed E-state index contributed by atoms with van der Waals surface area (Å²) in [5.74, 6) is 6.74. The van der Waals surface area contributed by atoms with Gasteiger partial charge in [-0.15, -0.1) is 5.92 Å². The number of benzene rings is 1. The van der Waals surface area contributed by atoms with Gasteiger partial charge in [0.15, 0.2) is 11.5 Å². The van der Waals surface area contributed by atoms with Gasteiger partial charge < -0.3 is 26.2 Å². The smallest absolute Gasteiger partial charge is 0.272 e. The summed E-state index contributed by atoms with van der Waals surface area (Å²) in [6.45, 7) is 3.81. The second-order valence-corrected chi connectivity index (χ2v) is 8.64. The number of amides is 2. The van der Waals surface area contributed by atoms with Crippen molar-refractivity contribution in [2.24, 2.45) is 10.7 Å². The van der Waals surface area contributed by atoms with Gasteiger partial charge in [-0.25, -0.2) is 0 Å². The number of imidazole rings is 1. The predicted octanol–water partition coefficient (Wildman–Crippen LogP) is 1.07. The minimum atomic E-state index is -0.295. The largest absolute Gasteiger partial charge is 0.371 e. The lowest BCUT2D eigenvalue weighted by molar-refractivity contribution is -0.116. The van der Waals surface area contributed by atoms with E-state index in [-0.39, 0.29) is 30.9 Å². The molecule has 0 bridgehead atoms. The van der Waals surface area contributed by atoms with E-state index in [1.54, 1.807) is 25.9 Å². The molecular weight excluding hydrogens is 444 g/mol. The van der Waals surface area contributed by atoms with Gasteiger partial charge in [0.2, 0.25) is 11.9 Å². The van der Waals surface area contributed by atoms with Crippen LogP contribution in [0, 0.1) is 11.8 Å². The van der Waals surface area contributed by atoms with Gasteiger partial charge >= 0.3 is 0 Å². The number of likely N-dealkylation sites (N-methyl/N-ethyl adjacent to an activating group) is 1. The van der Waals surface area contributed by atoms with Gasteiger partial charge in [-0.1, -0.05) is 24.1 Å². The van der Waals surface area contributed by atoms with Crippen LogP contribution in [0.1, 0.15) is 35.8 Å². The Morgan fingerprint density at radius 1 is 1.31 bits per heavy atom. The third-order valence-electron chi connectivity index (χ3n) is 6.33. The molecule has 0 spiro atoms. The Bertz CT molecular complexity index is 1210. The summed E-state index contributed by atoms with van der Waals surface area (Å²) in [5.41, 5.74) is 8.86. The molecule has 1 aromatic carbocycles. The first-order chi connectivity index (χ1) is 16.9. The third kappa shape index (κ3) is 5.00. The lowest BCUT2D eigenvalue weighted by Crippen LogP contribution is -2.44. The molecule has 184 valence electrons. The van der Waals surface area contributed by atoms with Crippen molar-refractivity contribution in [3.05, 3.63) is 35.5 Å². The highest BCUT2D eigenvalue weighted by atomic mass is 16.2. The maximum atomic E-state index is 13.5. The molecule has 10 nitrogen and oxygen atoms in total. The zero-order valence-corrected chi connectivity index (χ0v) is 20.5. The molecule has 2 amide bonds. The molecule has 0 radical (unpaired) electrons. The molecule has 2 aliphatic rings. The summed E-state index contributed by atoms with van der Waals surface area (Å²) in [6.07, 6.45) is 1.94. The highest BCUT2D eigenvalue weighted by Crippen LogP contribution is 2.27. The molecule has 1 saturated heterocycles. The second kappa shape index (κ2) is 10.6. The van der Waals surface area contributed by atoms with E-state index in [0.29, 0.717) is 36.3 Å². The van der Waals surface area contributed by atoms with Crippen molar-refractivity contribution >= 4 is 35.0 Å². The third-order valence-corrected chi connectivity index (χ3v) is 6.33. The van der Waals surface area contributed by atoms with Crippen LogP contribution in [0.25, 0.3) is 0 Å². The summed E-state index contributed by atoms with van der Waals surface area (Å²) in [6, 6.07) is 7.63. The molecule has 0 saturated carbocycles. The first-order valence-electron chi connectivity index (χ1n) is 11.8. The standard InChI is InChI=1S/C25H32N8O2/c1-4-5-13-33-22(23(27-2)30-25(33)32-12-8-9-17(26)16-32)24(35)29-14-19-18-10-6-7-11-20(18)31(3)21(34)15-28-19/h6-7,10-11,17,27H,8-9,12-16,26H2,1-3H3,(H,29,35). The summed E-state index contributed by atoms with van der Waals surface area (Å²) in [5, 5.41) is 6.05. The molecule has 1 atom stereocenters. The number of nitrogens with zero attached hydrogens (tertiary/aromatic N) is 5. The second-order valence-electron chi connectivity index (χ2n) is 8.64. The van der Waals surface area contributed by atoms with Crippen molar-refractivity contribution in [2.75, 3.05) is 55.4 Å². The van der Waals surface area contributed by atoms with E-state index >= 15 is 0 Å². The van der Waals surface area contributed by atoms with Crippen molar-refractivity contribution in [3.63, 3.8) is 0 Å². The molecule has 3 heterocycles. The number of anilines is 3. The Morgan fingerprint density at radius 3 is 2.86 bits per heavy atom. The molecule has 2 aromatic rings. The average Bonchev–Trinajstić information content (AvgIpc) is 3.20. The van der Waals surface area contributed by atoms with Gasteiger partial charge in [-0.3, -0.25) is 19.1 Å². The van der Waals surface area contributed by atoms with Crippen molar-refractivity contribution in [1.82, 2.24) is 14.9 Å². The fourth-order valence-electron chi connectivity index (χ4n) is 4.48. The van der Waals surface area contributed by atoms with E-state index in [1.165, 1.54) is 0 Å². The molecule has 4 rings (SSSR count). The Hall–Kier alpha value is -3.84. The van der Waals surface area contributed by atoms with Crippen LogP contribution < -0.4 is 26.2 Å². The average molecular weight is 477 g/mol. The van der Waals surface area contributed by atoms with Gasteiger partial charge in [-0.05, 0) is 25.8 Å². The van der Waals surface area contributed by atoms with Crippen LogP contribution in [0.5, 0.6) is 0 Å². The molecule has 1 fully saturated rings. The number of rotatable bonds is 6. The predicted molar refractivity (Wildman–Crippen MR) is 138 cm³/mol. The topological polar surface area (TPSA) is 121 Å². The Labute approximate surface area is 205 Å². The number of aliphatic imine (C=N–C) groups is 1. The highest BCUT2D eigenvalue weighted by molar-refractivity contribution is 6.13. The van der Waals surface area contributed by atoms with E-state index < -0.39 is 0 Å². The number of benzodiazepines with no additional fused rings is 1. The first kappa shape index (κ1) is 24.3. The number of hydrogen-bond acceptors (Lipinski definition) is 7. The zero-order valence-electron chi connectivity index (χ0n) is 20.5. The number of para-hydroxylation sites is 1. The van der Waals surface area contributed by atoms with Crippen LogP contribution in [-0.4, -0.2) is 73.4 Å². The lowest BCUT2D eigenvalue weighted by atomic mass is 10.1. The highest BCUT2D eigenvalue weighted by Gasteiger charge is 2.28. The summed E-state index contributed by atoms with van der Waals surface area (Å²) < 4.78 is 1.84. The fourth-order valence-corrected chi connectivity index (χ4v) is 4.48. The minimum absolute atomic E-state index is 0.0293. The number of nitrogens with two attached hydrogens (primary N) is 1. The summed E-state index contributed by atoms with van der Waals surface area (Å²) in [7, 11) is 3.48. The number of piperidine rings is 1. The maximum absolute atomic E-state index is 13.5. The van der Waals surface area contributed by atoms with Crippen LogP contribution in [0.2, 0.25) is 0 Å². The lowest BCUT2D eigenvalue weighted by Gasteiger charge is -2.31. The molecule has 2 aliphatic heterocycles. The van der Waals surface area contributed by atoms with Crippen molar-refractivity contribution in [1.29, 1.82) is 0 Å². The molecule has 4 N–H and O–H groups in total. The van der Waals surface area contributed by atoms with Gasteiger partial charge in [0.25, 0.3) is 5.91 Å². The molecule has 35 heavy (non-hydrogen) atoms. The van der Waals surface area contributed by atoms with E-state index in [1.807, 2.05) is 28.8 Å². The van der Waals surface area contributed by atoms with Gasteiger partial charge in [0.1, 0.15) is 6.54 Å². The first-order valence-corrected chi connectivity index (χ1v) is 11.8. The van der Waals surface area contributed by atoms with Gasteiger partial charge in [0.05, 0.1) is 24.5 Å². The fraction of sp³-hybridized carbons (Fsp3) is 0.440. The van der Waals surface area contributed by atoms with Crippen molar-refractivity contribution in [2.45, 2.75) is 32.4 Å². The zero-order chi connectivity index (χ0) is 24.9. The summed E-state index contributed by atoms with van der Waals surface area (Å²) >= 11 is 0. The Balaban J connectivity index is 1.63. The van der Waals surface area contributed by atoms with Crippen molar-refractivity contribution < 1.29 is 9.59 Å². The summed E-state index contributed by atoms with van der Waals surface area (Å²) in [4.78, 5) is 38.8. The number of carbonyl (C=O) groups is 2. The molecular formula is C25H32N8O2. The minimum Gasteiger partial charge on any atom is -0.371 e. The maximum Gasteiger partial charge on any atom is 0.272 e. The van der Waals surface area contributed by atoms with E-state index in [2.05, 4.69) is 32.4 Å². The SMILES string of the molecule is CC#CCn1c(N2CCCC(N)C2)nc(NC)c1C(=O)NCC1=NCC(=O)N(C)c2ccccc21. The Morgan fingerprint density at radius 2 is 2.11 bits per heavy atom. The van der Waals surface area contributed by atoms with Gasteiger partial charge in [0, 0.05) is 38.8 Å². The van der Waals surface area contributed by atoms with Crippen LogP contribution >= 0.6 is 0 Å². The molecule has 0 aliphatic carbocycles. The van der Waals surface area contributed by atoms with E-state index in [4.69, 9.17) is 10.7 Å². The number of fused-ring (bicyclic) bond motifs is 1. The quantitative estimate of drug-likeness (QED) is 0.537. The molecule has 10 heteroatoms. The van der Waals surface area contributed by atoms with E-state index in [9.17, 15) is 9.59 Å². The van der Waals surface area contributed by atoms with Crippen LogP contribution in [0.4, 0.5) is 17.5 Å². The van der Waals surface area contributed by atoms with Crippen LogP contribution in [0.15, 0.2) is 29.3 Å². The molecule has 1 unspecified atom stereocenters. The van der Waals surface area contributed by atoms with Crippen LogP contribution in [-0.2, 0) is 11.3 Å². The number of aromatic nitrogens is 2. The van der Waals surface area contributed by atoms with Crippen molar-refractivity contribution in [3.8, 4) is 11.8 Å². The monoisotopic (exact) mass is 476 g/mol. The van der Waals surface area contributed by atoms with E-state index in [0.717, 1.165) is 30.6 Å². The van der Waals surface area contributed by atoms with Gasteiger partial charge in [-0.2, -0.15) is 4.98 Å². The Kier molecular flexibility index (Phi) is 7.36. The number of hydrogen-bond donors (Lipinski definition) is 3. The number of carbonyl (C=O) groups excluding carboxylic acids is 2.